The Morgan fingerprint density at radius 3 is 2.32 bits per heavy atom. The van der Waals surface area contributed by atoms with E-state index in [1.54, 1.807) is 0 Å². The van der Waals surface area contributed by atoms with Gasteiger partial charge in [0, 0.05) is 14.1 Å². The molecule has 0 radical (unpaired) electrons. The summed E-state index contributed by atoms with van der Waals surface area (Å²) in [5.74, 6) is -4.88. The van der Waals surface area contributed by atoms with Crippen molar-refractivity contribution in [2.24, 2.45) is 0 Å². The Balaban J connectivity index is 2.74. The maximum Gasteiger partial charge on any atom is 0.534 e. The van der Waals surface area contributed by atoms with Crippen molar-refractivity contribution in [2.75, 3.05) is 21.2 Å². The zero-order chi connectivity index (χ0) is 23.7. The molecule has 0 unspecified atom stereocenters. The second kappa shape index (κ2) is 8.33. The zero-order valence-corrected chi connectivity index (χ0v) is 16.7. The summed E-state index contributed by atoms with van der Waals surface area (Å²) >= 11 is 0. The summed E-state index contributed by atoms with van der Waals surface area (Å²) in [5.41, 5.74) is -9.53. The molecule has 31 heavy (non-hydrogen) atoms. The lowest BCUT2D eigenvalue weighted by Gasteiger charge is -2.15. The summed E-state index contributed by atoms with van der Waals surface area (Å²) in [4.78, 5) is 37.3. The lowest BCUT2D eigenvalue weighted by molar-refractivity contribution is -0.0500. The van der Waals surface area contributed by atoms with Gasteiger partial charge in [-0.2, -0.15) is 31.4 Å². The topological polar surface area (TPSA) is 125 Å². The predicted molar refractivity (Wildman–Crippen MR) is 94.8 cm³/mol. The van der Waals surface area contributed by atoms with Crippen LogP contribution in [0, 0.1) is 5.82 Å². The molecule has 0 atom stereocenters. The van der Waals surface area contributed by atoms with E-state index in [0.717, 1.165) is 24.1 Å². The van der Waals surface area contributed by atoms with Crippen LogP contribution in [0.5, 0.6) is 5.75 Å². The van der Waals surface area contributed by atoms with Crippen molar-refractivity contribution in [3.8, 4) is 11.4 Å². The minimum Gasteiger partial charge on any atom is -0.464 e. The Hall–Kier alpha value is -3.49. The van der Waals surface area contributed by atoms with Crippen LogP contribution in [0.1, 0.15) is 20.8 Å². The SMILES string of the molecule is COC(=O)c1nn(-c2cccc(C(=O)N(C)C)c2F)c(=O)cc1OS(=O)(=O)C(F)(F)F. The lowest BCUT2D eigenvalue weighted by Crippen LogP contribution is -2.31. The third kappa shape index (κ3) is 4.65. The normalized spacial score (nSPS) is 11.7. The molecule has 0 fully saturated rings. The number of hydrogen-bond donors (Lipinski definition) is 0. The second-order valence-electron chi connectivity index (χ2n) is 5.92. The maximum atomic E-state index is 14.9. The van der Waals surface area contributed by atoms with E-state index in [9.17, 15) is 40.4 Å². The van der Waals surface area contributed by atoms with Gasteiger partial charge in [0.15, 0.2) is 11.6 Å². The fourth-order valence-electron chi connectivity index (χ4n) is 2.17. The highest BCUT2D eigenvalue weighted by Crippen LogP contribution is 2.28. The van der Waals surface area contributed by atoms with Crippen LogP contribution in [0.15, 0.2) is 29.1 Å². The van der Waals surface area contributed by atoms with E-state index in [1.807, 2.05) is 0 Å². The molecule has 10 nitrogen and oxygen atoms in total. The van der Waals surface area contributed by atoms with Crippen LogP contribution in [0.4, 0.5) is 17.6 Å². The molecule has 1 amide bonds. The van der Waals surface area contributed by atoms with Crippen molar-refractivity contribution in [3.05, 3.63) is 51.7 Å². The van der Waals surface area contributed by atoms with Gasteiger partial charge in [0.05, 0.1) is 18.7 Å². The number of halogens is 4. The highest BCUT2D eigenvalue weighted by atomic mass is 32.2. The Morgan fingerprint density at radius 2 is 1.81 bits per heavy atom. The number of nitrogens with zero attached hydrogens (tertiary/aromatic N) is 3. The standard InChI is InChI=1S/C16H13F4N3O7S/c1-22(2)14(25)8-5-4-6-9(12(8)17)23-11(24)7-10(13(21-23)15(26)29-3)30-31(27,28)16(18,19)20/h4-7H,1-3H3. The Morgan fingerprint density at radius 1 is 1.19 bits per heavy atom. The maximum absolute atomic E-state index is 14.9. The number of methoxy groups -OCH3 is 1. The van der Waals surface area contributed by atoms with Gasteiger partial charge in [0.1, 0.15) is 5.69 Å². The number of esters is 1. The first kappa shape index (κ1) is 23.8. The second-order valence-corrected chi connectivity index (χ2v) is 7.46. The molecule has 1 aromatic heterocycles. The number of rotatable bonds is 5. The molecule has 0 aliphatic carbocycles. The molecule has 168 valence electrons. The van der Waals surface area contributed by atoms with E-state index < -0.39 is 61.6 Å². The Labute approximate surface area is 171 Å². The fraction of sp³-hybridized carbons (Fsp3) is 0.250. The number of hydrogen-bond acceptors (Lipinski definition) is 8. The van der Waals surface area contributed by atoms with E-state index in [2.05, 4.69) is 14.0 Å². The molecule has 0 spiro atoms. The van der Waals surface area contributed by atoms with E-state index in [1.165, 1.54) is 20.2 Å². The number of benzene rings is 1. The van der Waals surface area contributed by atoms with Crippen molar-refractivity contribution in [1.29, 1.82) is 0 Å². The summed E-state index contributed by atoms with van der Waals surface area (Å²) in [7, 11) is -2.81. The molecule has 15 heteroatoms. The summed E-state index contributed by atoms with van der Waals surface area (Å²) in [5, 5.41) is 3.39. The third-order valence-corrected chi connectivity index (χ3v) is 4.57. The molecule has 2 rings (SSSR count). The number of carbonyl (C=O) groups is 2. The molecular weight excluding hydrogens is 454 g/mol. The summed E-state index contributed by atoms with van der Waals surface area (Å²) in [6, 6.07) is 3.45. The molecule has 0 N–H and O–H groups in total. The molecule has 1 heterocycles. The highest BCUT2D eigenvalue weighted by Gasteiger charge is 2.49. The number of amides is 1. The largest absolute Gasteiger partial charge is 0.534 e. The molecule has 0 bridgehead atoms. The molecule has 2 aromatic rings. The number of aromatic nitrogens is 2. The smallest absolute Gasteiger partial charge is 0.464 e. The van der Waals surface area contributed by atoms with Crippen LogP contribution in [0.2, 0.25) is 0 Å². The lowest BCUT2D eigenvalue weighted by atomic mass is 10.1. The van der Waals surface area contributed by atoms with Crippen LogP contribution >= 0.6 is 0 Å². The van der Waals surface area contributed by atoms with Gasteiger partial charge in [0.2, 0.25) is 5.69 Å². The molecule has 0 aliphatic heterocycles. The quantitative estimate of drug-likeness (QED) is 0.277. The fourth-order valence-corrected chi connectivity index (χ4v) is 2.63. The number of carbonyl (C=O) groups excluding carboxylic acids is 2. The van der Waals surface area contributed by atoms with Gasteiger partial charge in [0.25, 0.3) is 11.5 Å². The van der Waals surface area contributed by atoms with Crippen molar-refractivity contribution >= 4 is 22.0 Å². The average molecular weight is 467 g/mol. The van der Waals surface area contributed by atoms with Crippen LogP contribution < -0.4 is 9.74 Å². The van der Waals surface area contributed by atoms with Gasteiger partial charge in [-0.05, 0) is 12.1 Å². The van der Waals surface area contributed by atoms with E-state index in [-0.39, 0.29) is 10.7 Å². The van der Waals surface area contributed by atoms with E-state index in [4.69, 9.17) is 0 Å². The minimum atomic E-state index is -6.27. The Bertz CT molecular complexity index is 1210. The van der Waals surface area contributed by atoms with Crippen LogP contribution in [-0.4, -0.2) is 61.7 Å². The predicted octanol–water partition coefficient (Wildman–Crippen LogP) is 1.09. The minimum absolute atomic E-state index is 0.183. The van der Waals surface area contributed by atoms with Crippen LogP contribution in [-0.2, 0) is 14.9 Å². The Kier molecular flexibility index (Phi) is 6.39. The van der Waals surface area contributed by atoms with Gasteiger partial charge in [-0.1, -0.05) is 6.07 Å². The van der Waals surface area contributed by atoms with Gasteiger partial charge in [-0.3, -0.25) is 9.59 Å². The van der Waals surface area contributed by atoms with Gasteiger partial charge in [-0.25, -0.2) is 9.18 Å². The van der Waals surface area contributed by atoms with E-state index >= 15 is 0 Å². The van der Waals surface area contributed by atoms with Crippen LogP contribution in [0.25, 0.3) is 5.69 Å². The molecule has 0 aliphatic rings. The monoisotopic (exact) mass is 467 g/mol. The first-order valence-corrected chi connectivity index (χ1v) is 9.36. The van der Waals surface area contributed by atoms with Crippen molar-refractivity contribution in [3.63, 3.8) is 0 Å². The van der Waals surface area contributed by atoms with Crippen molar-refractivity contribution in [2.45, 2.75) is 5.51 Å². The number of ether oxygens (including phenoxy) is 1. The zero-order valence-electron chi connectivity index (χ0n) is 15.9. The van der Waals surface area contributed by atoms with Gasteiger partial charge >= 0.3 is 21.6 Å². The summed E-state index contributed by atoms with van der Waals surface area (Å²) in [6.07, 6.45) is 0. The number of alkyl halides is 3. The summed E-state index contributed by atoms with van der Waals surface area (Å²) in [6.45, 7) is 0. The molecule has 1 aromatic carbocycles. The van der Waals surface area contributed by atoms with Crippen molar-refractivity contribution < 1.29 is 44.5 Å². The average Bonchev–Trinajstić information content (AvgIpc) is 2.66. The summed E-state index contributed by atoms with van der Waals surface area (Å²) < 4.78 is 83.5. The molecular formula is C16H13F4N3O7S. The van der Waals surface area contributed by atoms with Crippen LogP contribution in [0.3, 0.4) is 0 Å². The van der Waals surface area contributed by atoms with E-state index in [0.29, 0.717) is 0 Å². The van der Waals surface area contributed by atoms with Gasteiger partial charge < -0.3 is 13.8 Å². The van der Waals surface area contributed by atoms with Gasteiger partial charge in [-0.15, -0.1) is 0 Å². The highest BCUT2D eigenvalue weighted by molar-refractivity contribution is 7.88. The third-order valence-electron chi connectivity index (χ3n) is 3.60. The first-order chi connectivity index (χ1) is 14.2. The molecule has 0 saturated carbocycles. The van der Waals surface area contributed by atoms with Crippen molar-refractivity contribution in [1.82, 2.24) is 14.7 Å². The first-order valence-electron chi connectivity index (χ1n) is 7.95. The molecule has 0 saturated heterocycles.